The van der Waals surface area contributed by atoms with Crippen LogP contribution < -0.4 is 0 Å². The van der Waals surface area contributed by atoms with Crippen LogP contribution in [0.25, 0.3) is 5.69 Å². The lowest BCUT2D eigenvalue weighted by Crippen LogP contribution is -2.19. The molecule has 0 radical (unpaired) electrons. The standard InChI is InChI=1S/C16H18N2O2/c19-16(12-13-7-10-20-11-8-13)15-6-9-18(17-15)14-4-2-1-3-5-14/h1-6,9,13H,7-8,10-12H2. The van der Waals surface area contributed by atoms with Crippen molar-refractivity contribution in [2.24, 2.45) is 5.92 Å². The van der Waals surface area contributed by atoms with Gasteiger partial charge in [-0.1, -0.05) is 18.2 Å². The van der Waals surface area contributed by atoms with Crippen LogP contribution in [0.5, 0.6) is 0 Å². The number of para-hydroxylation sites is 1. The smallest absolute Gasteiger partial charge is 0.183 e. The SMILES string of the molecule is O=C(CC1CCOCC1)c1ccn(-c2ccccc2)n1. The summed E-state index contributed by atoms with van der Waals surface area (Å²) >= 11 is 0. The number of carbonyl (C=O) groups excluding carboxylic acids is 1. The van der Waals surface area contributed by atoms with Crippen molar-refractivity contribution in [2.45, 2.75) is 19.3 Å². The predicted octanol–water partition coefficient (Wildman–Crippen LogP) is 2.87. The summed E-state index contributed by atoms with van der Waals surface area (Å²) in [6.07, 6.45) is 4.37. The topological polar surface area (TPSA) is 44.1 Å². The van der Waals surface area contributed by atoms with E-state index >= 15 is 0 Å². The summed E-state index contributed by atoms with van der Waals surface area (Å²) in [6.45, 7) is 1.55. The van der Waals surface area contributed by atoms with E-state index in [-0.39, 0.29) is 5.78 Å². The van der Waals surface area contributed by atoms with Crippen LogP contribution in [0.4, 0.5) is 0 Å². The lowest BCUT2D eigenvalue weighted by atomic mass is 9.93. The van der Waals surface area contributed by atoms with Gasteiger partial charge in [0.2, 0.25) is 0 Å². The van der Waals surface area contributed by atoms with Crippen LogP contribution in [0.15, 0.2) is 42.6 Å². The van der Waals surface area contributed by atoms with Gasteiger partial charge >= 0.3 is 0 Å². The van der Waals surface area contributed by atoms with Gasteiger partial charge in [-0.25, -0.2) is 4.68 Å². The zero-order valence-electron chi connectivity index (χ0n) is 11.4. The maximum atomic E-state index is 12.2. The van der Waals surface area contributed by atoms with E-state index in [1.165, 1.54) is 0 Å². The largest absolute Gasteiger partial charge is 0.381 e. The van der Waals surface area contributed by atoms with E-state index < -0.39 is 0 Å². The molecule has 1 aliphatic heterocycles. The number of rotatable bonds is 4. The average Bonchev–Trinajstić information content (AvgIpc) is 2.99. The molecule has 2 aromatic rings. The first-order valence-electron chi connectivity index (χ1n) is 7.05. The van der Waals surface area contributed by atoms with Crippen molar-refractivity contribution in [2.75, 3.05) is 13.2 Å². The van der Waals surface area contributed by atoms with Gasteiger partial charge < -0.3 is 4.74 Å². The minimum absolute atomic E-state index is 0.131. The van der Waals surface area contributed by atoms with Crippen molar-refractivity contribution >= 4 is 5.78 Å². The van der Waals surface area contributed by atoms with Gasteiger partial charge in [0, 0.05) is 25.8 Å². The molecule has 1 aliphatic rings. The number of hydrogen-bond donors (Lipinski definition) is 0. The number of ether oxygens (including phenoxy) is 1. The predicted molar refractivity (Wildman–Crippen MR) is 76.1 cm³/mol. The Morgan fingerprint density at radius 2 is 1.95 bits per heavy atom. The van der Waals surface area contributed by atoms with Crippen molar-refractivity contribution in [3.05, 3.63) is 48.3 Å². The first-order valence-corrected chi connectivity index (χ1v) is 7.05. The van der Waals surface area contributed by atoms with Crippen molar-refractivity contribution in [1.29, 1.82) is 0 Å². The van der Waals surface area contributed by atoms with Crippen LogP contribution in [-0.2, 0) is 4.74 Å². The highest BCUT2D eigenvalue weighted by Gasteiger charge is 2.19. The summed E-state index contributed by atoms with van der Waals surface area (Å²) in [4.78, 5) is 12.2. The fourth-order valence-corrected chi connectivity index (χ4v) is 2.51. The van der Waals surface area contributed by atoms with Gasteiger partial charge in [-0.15, -0.1) is 0 Å². The number of hydrogen-bond acceptors (Lipinski definition) is 3. The second kappa shape index (κ2) is 6.01. The Balaban J connectivity index is 1.68. The molecule has 0 N–H and O–H groups in total. The normalized spacial score (nSPS) is 16.2. The molecule has 1 aromatic carbocycles. The Morgan fingerprint density at radius 1 is 1.20 bits per heavy atom. The van der Waals surface area contributed by atoms with Crippen LogP contribution in [0.3, 0.4) is 0 Å². The number of benzene rings is 1. The molecule has 3 rings (SSSR count). The molecule has 0 spiro atoms. The maximum absolute atomic E-state index is 12.2. The van der Waals surface area contributed by atoms with E-state index in [0.717, 1.165) is 31.7 Å². The Labute approximate surface area is 118 Å². The molecule has 4 heteroatoms. The third kappa shape index (κ3) is 2.96. The average molecular weight is 270 g/mol. The summed E-state index contributed by atoms with van der Waals surface area (Å²) in [6, 6.07) is 11.6. The van der Waals surface area contributed by atoms with Crippen LogP contribution >= 0.6 is 0 Å². The second-order valence-electron chi connectivity index (χ2n) is 5.16. The zero-order valence-corrected chi connectivity index (χ0v) is 11.4. The molecule has 0 aliphatic carbocycles. The van der Waals surface area contributed by atoms with Gasteiger partial charge in [-0.05, 0) is 37.0 Å². The molecular formula is C16H18N2O2. The van der Waals surface area contributed by atoms with Gasteiger partial charge in [0.05, 0.1) is 5.69 Å². The van der Waals surface area contributed by atoms with Crippen LogP contribution in [0.2, 0.25) is 0 Å². The number of aromatic nitrogens is 2. The molecule has 1 fully saturated rings. The molecule has 4 nitrogen and oxygen atoms in total. The van der Waals surface area contributed by atoms with E-state index in [9.17, 15) is 4.79 Å². The molecule has 1 aromatic heterocycles. The van der Waals surface area contributed by atoms with E-state index in [1.54, 1.807) is 10.7 Å². The van der Waals surface area contributed by atoms with Crippen LogP contribution in [0, 0.1) is 5.92 Å². The summed E-state index contributed by atoms with van der Waals surface area (Å²) in [7, 11) is 0. The van der Waals surface area contributed by atoms with E-state index in [0.29, 0.717) is 18.0 Å². The van der Waals surface area contributed by atoms with E-state index in [1.807, 2.05) is 36.5 Å². The van der Waals surface area contributed by atoms with Crippen LogP contribution in [0.1, 0.15) is 29.8 Å². The number of carbonyl (C=O) groups is 1. The van der Waals surface area contributed by atoms with E-state index in [2.05, 4.69) is 5.10 Å². The molecule has 1 saturated heterocycles. The van der Waals surface area contributed by atoms with E-state index in [4.69, 9.17) is 4.74 Å². The van der Waals surface area contributed by atoms with Crippen molar-refractivity contribution < 1.29 is 9.53 Å². The Hall–Kier alpha value is -1.94. The zero-order chi connectivity index (χ0) is 13.8. The quantitative estimate of drug-likeness (QED) is 0.802. The van der Waals surface area contributed by atoms with Gasteiger partial charge in [0.15, 0.2) is 5.78 Å². The minimum Gasteiger partial charge on any atom is -0.381 e. The molecule has 0 unspecified atom stereocenters. The van der Waals surface area contributed by atoms with Crippen LogP contribution in [-0.4, -0.2) is 28.8 Å². The second-order valence-corrected chi connectivity index (χ2v) is 5.16. The summed E-state index contributed by atoms with van der Waals surface area (Å²) in [5.74, 6) is 0.574. The molecule has 0 amide bonds. The van der Waals surface area contributed by atoms with Gasteiger partial charge in [-0.3, -0.25) is 4.79 Å². The van der Waals surface area contributed by atoms with Gasteiger partial charge in [-0.2, -0.15) is 5.10 Å². The lowest BCUT2D eigenvalue weighted by Gasteiger charge is -2.20. The molecule has 20 heavy (non-hydrogen) atoms. The highest BCUT2D eigenvalue weighted by molar-refractivity contribution is 5.94. The molecule has 104 valence electrons. The maximum Gasteiger partial charge on any atom is 0.183 e. The van der Waals surface area contributed by atoms with Crippen molar-refractivity contribution in [3.63, 3.8) is 0 Å². The molecule has 0 bridgehead atoms. The molecule has 0 saturated carbocycles. The minimum atomic E-state index is 0.131. The molecule has 2 heterocycles. The highest BCUT2D eigenvalue weighted by atomic mass is 16.5. The highest BCUT2D eigenvalue weighted by Crippen LogP contribution is 2.20. The first-order chi connectivity index (χ1) is 9.83. The van der Waals surface area contributed by atoms with Gasteiger partial charge in [0.25, 0.3) is 0 Å². The molecule has 0 atom stereocenters. The lowest BCUT2D eigenvalue weighted by molar-refractivity contribution is 0.0599. The number of nitrogens with zero attached hydrogens (tertiary/aromatic N) is 2. The first kappa shape index (κ1) is 13.1. The number of Topliss-reactive ketones (excluding diaryl/α,β-unsaturated/α-hetero) is 1. The van der Waals surface area contributed by atoms with Crippen molar-refractivity contribution in [1.82, 2.24) is 9.78 Å². The summed E-state index contributed by atoms with van der Waals surface area (Å²) in [5, 5.41) is 4.38. The summed E-state index contributed by atoms with van der Waals surface area (Å²) < 4.78 is 7.07. The fraction of sp³-hybridized carbons (Fsp3) is 0.375. The Kier molecular flexibility index (Phi) is 3.92. The third-order valence-electron chi connectivity index (χ3n) is 3.71. The van der Waals surface area contributed by atoms with Crippen molar-refractivity contribution in [3.8, 4) is 5.69 Å². The number of ketones is 1. The summed E-state index contributed by atoms with van der Waals surface area (Å²) in [5.41, 5.74) is 1.53. The Bertz CT molecular complexity index is 571. The van der Waals surface area contributed by atoms with Gasteiger partial charge in [0.1, 0.15) is 5.69 Å². The fourth-order valence-electron chi connectivity index (χ4n) is 2.51. The Morgan fingerprint density at radius 3 is 2.70 bits per heavy atom. The third-order valence-corrected chi connectivity index (χ3v) is 3.71. The monoisotopic (exact) mass is 270 g/mol. The molecular weight excluding hydrogens is 252 g/mol.